The maximum Gasteiger partial charge on any atom is 0.408 e. The molecule has 0 saturated heterocycles. The van der Waals surface area contributed by atoms with Crippen LogP contribution in [0.15, 0.2) is 30.3 Å². The molecule has 7 heteroatoms. The lowest BCUT2D eigenvalue weighted by Crippen LogP contribution is -2.51. The summed E-state index contributed by atoms with van der Waals surface area (Å²) < 4.78 is 9.92. The molecule has 0 aliphatic heterocycles. The van der Waals surface area contributed by atoms with Crippen LogP contribution in [0.25, 0.3) is 0 Å². The van der Waals surface area contributed by atoms with E-state index in [1.54, 1.807) is 0 Å². The van der Waals surface area contributed by atoms with Crippen molar-refractivity contribution in [3.63, 3.8) is 0 Å². The molecule has 0 unspecified atom stereocenters. The third-order valence-electron chi connectivity index (χ3n) is 4.05. The Kier molecular flexibility index (Phi) is 10.6. The average Bonchev–Trinajstić information content (AvgIpc) is 2.69. The first-order valence-electron chi connectivity index (χ1n) is 9.37. The monoisotopic (exact) mass is 378 g/mol. The summed E-state index contributed by atoms with van der Waals surface area (Å²) >= 11 is 0. The molecule has 0 radical (unpaired) electrons. The number of carbonyl (C=O) groups is 3. The summed E-state index contributed by atoms with van der Waals surface area (Å²) in [4.78, 5) is 36.5. The van der Waals surface area contributed by atoms with E-state index in [9.17, 15) is 14.4 Å². The molecule has 0 aliphatic rings. The Bertz CT molecular complexity index is 591. The molecular weight excluding hydrogens is 348 g/mol. The molecule has 0 fully saturated rings. The number of amides is 2. The fourth-order valence-corrected chi connectivity index (χ4v) is 2.54. The Hall–Kier alpha value is -2.57. The molecule has 1 aromatic carbocycles. The maximum atomic E-state index is 12.5. The summed E-state index contributed by atoms with van der Waals surface area (Å²) in [5.74, 6) is -0.904. The van der Waals surface area contributed by atoms with E-state index >= 15 is 0 Å². The molecule has 2 atom stereocenters. The van der Waals surface area contributed by atoms with Crippen molar-refractivity contribution in [3.05, 3.63) is 35.9 Å². The molecule has 1 rings (SSSR count). The number of hydrogen-bond donors (Lipinski definition) is 2. The third kappa shape index (κ3) is 8.57. The third-order valence-corrected chi connectivity index (χ3v) is 4.05. The van der Waals surface area contributed by atoms with Gasteiger partial charge in [-0.25, -0.2) is 9.59 Å². The van der Waals surface area contributed by atoms with Gasteiger partial charge in [-0.15, -0.1) is 0 Å². The first-order valence-corrected chi connectivity index (χ1v) is 9.37. The first kappa shape index (κ1) is 22.5. The predicted octanol–water partition coefficient (Wildman–Crippen LogP) is 2.93. The van der Waals surface area contributed by atoms with Gasteiger partial charge in [-0.2, -0.15) is 0 Å². The number of benzene rings is 1. The number of nitrogens with one attached hydrogen (secondary N) is 2. The number of ether oxygens (including phenoxy) is 2. The average molecular weight is 378 g/mol. The van der Waals surface area contributed by atoms with Crippen molar-refractivity contribution in [1.82, 2.24) is 10.6 Å². The second-order valence-corrected chi connectivity index (χ2v) is 6.27. The topological polar surface area (TPSA) is 93.7 Å². The SMILES string of the molecule is CCCC[C@H](NC(=O)[C@@H](CCC)NC(=O)OCc1ccccc1)C(=O)OC. The smallest absolute Gasteiger partial charge is 0.408 e. The summed E-state index contributed by atoms with van der Waals surface area (Å²) in [5.41, 5.74) is 0.856. The summed E-state index contributed by atoms with van der Waals surface area (Å²) in [6.45, 7) is 4.03. The highest BCUT2D eigenvalue weighted by Gasteiger charge is 2.26. The molecular formula is C20H30N2O5. The highest BCUT2D eigenvalue weighted by molar-refractivity contribution is 5.89. The molecule has 2 N–H and O–H groups in total. The number of unbranched alkanes of at least 4 members (excludes halogenated alkanes) is 1. The van der Waals surface area contributed by atoms with Crippen LogP contribution in [0.5, 0.6) is 0 Å². The first-order chi connectivity index (χ1) is 13.0. The predicted molar refractivity (Wildman–Crippen MR) is 102 cm³/mol. The molecule has 0 saturated carbocycles. The minimum Gasteiger partial charge on any atom is -0.467 e. The van der Waals surface area contributed by atoms with Crippen LogP contribution in [0.1, 0.15) is 51.5 Å². The summed E-state index contributed by atoms with van der Waals surface area (Å²) in [7, 11) is 1.29. The van der Waals surface area contributed by atoms with Crippen molar-refractivity contribution in [2.75, 3.05) is 7.11 Å². The van der Waals surface area contributed by atoms with E-state index in [2.05, 4.69) is 10.6 Å². The van der Waals surface area contributed by atoms with Gasteiger partial charge in [0.1, 0.15) is 18.7 Å². The van der Waals surface area contributed by atoms with Gasteiger partial charge >= 0.3 is 12.1 Å². The molecule has 0 heterocycles. The Balaban J connectivity index is 2.61. The van der Waals surface area contributed by atoms with Crippen LogP contribution in [0.3, 0.4) is 0 Å². The minimum atomic E-state index is -0.771. The van der Waals surface area contributed by atoms with Gasteiger partial charge in [0.05, 0.1) is 7.11 Å². The molecule has 1 aromatic rings. The van der Waals surface area contributed by atoms with Crippen LogP contribution in [-0.2, 0) is 25.7 Å². The van der Waals surface area contributed by atoms with Crippen molar-refractivity contribution in [1.29, 1.82) is 0 Å². The van der Waals surface area contributed by atoms with Crippen LogP contribution in [0.2, 0.25) is 0 Å². The van der Waals surface area contributed by atoms with Crippen molar-refractivity contribution in [3.8, 4) is 0 Å². The number of esters is 1. The van der Waals surface area contributed by atoms with Crippen LogP contribution in [0, 0.1) is 0 Å². The van der Waals surface area contributed by atoms with Gasteiger partial charge in [-0.05, 0) is 18.4 Å². The Morgan fingerprint density at radius 3 is 2.26 bits per heavy atom. The van der Waals surface area contributed by atoms with E-state index in [1.165, 1.54) is 7.11 Å². The summed E-state index contributed by atoms with van der Waals surface area (Å²) in [6.07, 6.45) is 2.63. The van der Waals surface area contributed by atoms with Crippen LogP contribution < -0.4 is 10.6 Å². The van der Waals surface area contributed by atoms with E-state index in [0.29, 0.717) is 19.3 Å². The summed E-state index contributed by atoms with van der Waals surface area (Å²) in [5, 5.41) is 5.26. The molecule has 0 bridgehead atoms. The van der Waals surface area contributed by atoms with Gasteiger partial charge in [0.25, 0.3) is 0 Å². The van der Waals surface area contributed by atoms with Gasteiger partial charge < -0.3 is 20.1 Å². The van der Waals surface area contributed by atoms with Crippen LogP contribution in [0.4, 0.5) is 4.79 Å². The molecule has 27 heavy (non-hydrogen) atoms. The van der Waals surface area contributed by atoms with E-state index < -0.39 is 30.1 Å². The number of alkyl carbamates (subject to hydrolysis) is 1. The molecule has 0 spiro atoms. The summed E-state index contributed by atoms with van der Waals surface area (Å²) in [6, 6.07) is 7.79. The van der Waals surface area contributed by atoms with Crippen molar-refractivity contribution >= 4 is 18.0 Å². The quantitative estimate of drug-likeness (QED) is 0.578. The van der Waals surface area contributed by atoms with E-state index in [-0.39, 0.29) is 6.61 Å². The van der Waals surface area contributed by atoms with Gasteiger partial charge in [-0.1, -0.05) is 63.4 Å². The van der Waals surface area contributed by atoms with E-state index in [1.807, 2.05) is 44.2 Å². The van der Waals surface area contributed by atoms with Crippen molar-refractivity contribution in [2.45, 2.75) is 64.6 Å². The van der Waals surface area contributed by atoms with Gasteiger partial charge in [0.15, 0.2) is 0 Å². The van der Waals surface area contributed by atoms with E-state index in [4.69, 9.17) is 9.47 Å². The normalized spacial score (nSPS) is 12.6. The van der Waals surface area contributed by atoms with Crippen LogP contribution in [-0.4, -0.2) is 37.2 Å². The Morgan fingerprint density at radius 2 is 1.67 bits per heavy atom. The zero-order chi connectivity index (χ0) is 20.1. The van der Waals surface area contributed by atoms with Gasteiger partial charge in [-0.3, -0.25) is 4.79 Å². The standard InChI is InChI=1S/C20H30N2O5/c1-4-6-13-17(19(24)26-3)21-18(23)16(10-5-2)22-20(25)27-14-15-11-8-7-9-12-15/h7-9,11-12,16-17H,4-6,10,13-14H2,1-3H3,(H,21,23)(H,22,25)/t16-,17+/m1/s1. The largest absolute Gasteiger partial charge is 0.467 e. The molecule has 7 nitrogen and oxygen atoms in total. The molecule has 150 valence electrons. The lowest BCUT2D eigenvalue weighted by Gasteiger charge is -2.21. The van der Waals surface area contributed by atoms with Crippen molar-refractivity contribution < 1.29 is 23.9 Å². The molecule has 0 aromatic heterocycles. The van der Waals surface area contributed by atoms with Crippen LogP contribution >= 0.6 is 0 Å². The lowest BCUT2D eigenvalue weighted by molar-refractivity contribution is -0.145. The molecule has 0 aliphatic carbocycles. The second-order valence-electron chi connectivity index (χ2n) is 6.27. The minimum absolute atomic E-state index is 0.119. The Morgan fingerprint density at radius 1 is 0.963 bits per heavy atom. The zero-order valence-electron chi connectivity index (χ0n) is 16.3. The number of rotatable bonds is 11. The Labute approximate surface area is 160 Å². The van der Waals surface area contributed by atoms with E-state index in [0.717, 1.165) is 18.4 Å². The van der Waals surface area contributed by atoms with Crippen molar-refractivity contribution in [2.24, 2.45) is 0 Å². The number of hydrogen-bond acceptors (Lipinski definition) is 5. The van der Waals surface area contributed by atoms with Gasteiger partial charge in [0, 0.05) is 0 Å². The number of carbonyl (C=O) groups excluding carboxylic acids is 3. The maximum absolute atomic E-state index is 12.5. The second kappa shape index (κ2) is 12.7. The van der Waals surface area contributed by atoms with Gasteiger partial charge in [0.2, 0.25) is 5.91 Å². The number of methoxy groups -OCH3 is 1. The molecule has 2 amide bonds. The lowest BCUT2D eigenvalue weighted by atomic mass is 10.1. The fraction of sp³-hybridized carbons (Fsp3) is 0.550. The zero-order valence-corrected chi connectivity index (χ0v) is 16.3. The highest BCUT2D eigenvalue weighted by atomic mass is 16.5. The fourth-order valence-electron chi connectivity index (χ4n) is 2.54. The highest BCUT2D eigenvalue weighted by Crippen LogP contribution is 2.06.